The maximum Gasteiger partial charge on any atom is 0.228 e. The van der Waals surface area contributed by atoms with E-state index in [2.05, 4.69) is 0 Å². The van der Waals surface area contributed by atoms with Crippen LogP contribution in [-0.2, 0) is 9.59 Å². The Labute approximate surface area is 150 Å². The molecule has 1 aliphatic heterocycles. The van der Waals surface area contributed by atoms with Crippen molar-refractivity contribution in [1.29, 1.82) is 0 Å². The Morgan fingerprint density at radius 2 is 2.17 bits per heavy atom. The van der Waals surface area contributed by atoms with E-state index < -0.39 is 0 Å². The first kappa shape index (κ1) is 17.0. The van der Waals surface area contributed by atoms with Crippen molar-refractivity contribution < 1.29 is 9.59 Å². The quantitative estimate of drug-likeness (QED) is 0.825. The fourth-order valence-electron chi connectivity index (χ4n) is 2.97. The third-order valence-corrected chi connectivity index (χ3v) is 5.76. The Morgan fingerprint density at radius 1 is 1.38 bits per heavy atom. The summed E-state index contributed by atoms with van der Waals surface area (Å²) in [6.45, 7) is 2.41. The normalized spacial score (nSPS) is 18.7. The van der Waals surface area contributed by atoms with Crippen molar-refractivity contribution in [1.82, 2.24) is 4.90 Å². The highest BCUT2D eigenvalue weighted by atomic mass is 35.5. The summed E-state index contributed by atoms with van der Waals surface area (Å²) in [7, 11) is 1.80. The molecule has 0 bridgehead atoms. The van der Waals surface area contributed by atoms with Gasteiger partial charge in [-0.15, -0.1) is 11.3 Å². The summed E-state index contributed by atoms with van der Waals surface area (Å²) in [5.74, 6) is -0.342. The zero-order chi connectivity index (χ0) is 17.3. The van der Waals surface area contributed by atoms with E-state index in [1.165, 1.54) is 0 Å². The molecule has 1 fully saturated rings. The second-order valence-electron chi connectivity index (χ2n) is 6.03. The van der Waals surface area contributed by atoms with Crippen molar-refractivity contribution in [2.24, 2.45) is 5.92 Å². The van der Waals surface area contributed by atoms with Crippen molar-refractivity contribution in [3.8, 4) is 0 Å². The standard InChI is InChI=1S/C18H19ClN2O2S/c1-12(16-7-4-8-24-16)20(2)18(23)13-9-17(22)21(11-13)15-6-3-5-14(19)10-15/h3-8,10,12-13H,9,11H2,1-2H3/t12-,13+/m1/s1. The van der Waals surface area contributed by atoms with E-state index in [0.717, 1.165) is 10.6 Å². The molecular formula is C18H19ClN2O2S. The lowest BCUT2D eigenvalue weighted by molar-refractivity contribution is -0.136. The first-order valence-corrected chi connectivity index (χ1v) is 9.09. The topological polar surface area (TPSA) is 40.6 Å². The number of thiophene rings is 1. The highest BCUT2D eigenvalue weighted by Crippen LogP contribution is 2.30. The smallest absolute Gasteiger partial charge is 0.228 e. The van der Waals surface area contributed by atoms with Crippen LogP contribution in [0, 0.1) is 5.92 Å². The zero-order valence-electron chi connectivity index (χ0n) is 13.6. The van der Waals surface area contributed by atoms with Crippen LogP contribution in [0.5, 0.6) is 0 Å². The molecule has 1 aromatic heterocycles. The van der Waals surface area contributed by atoms with Crippen LogP contribution in [0.1, 0.15) is 24.3 Å². The van der Waals surface area contributed by atoms with E-state index in [0.29, 0.717) is 11.6 Å². The average Bonchev–Trinajstić information content (AvgIpc) is 3.22. The number of carbonyl (C=O) groups is 2. The summed E-state index contributed by atoms with van der Waals surface area (Å²) in [5, 5.41) is 2.59. The van der Waals surface area contributed by atoms with Gasteiger partial charge in [0.25, 0.3) is 0 Å². The molecular weight excluding hydrogens is 344 g/mol. The number of amides is 2. The first-order chi connectivity index (χ1) is 11.5. The monoisotopic (exact) mass is 362 g/mol. The third kappa shape index (κ3) is 3.32. The van der Waals surface area contributed by atoms with E-state index in [1.54, 1.807) is 40.3 Å². The summed E-state index contributed by atoms with van der Waals surface area (Å²) in [6.07, 6.45) is 0.243. The van der Waals surface area contributed by atoms with Gasteiger partial charge in [-0.05, 0) is 36.6 Å². The average molecular weight is 363 g/mol. The summed E-state index contributed by atoms with van der Waals surface area (Å²) < 4.78 is 0. The Hall–Kier alpha value is -1.85. The lowest BCUT2D eigenvalue weighted by atomic mass is 10.1. The molecule has 0 spiro atoms. The fourth-order valence-corrected chi connectivity index (χ4v) is 3.98. The number of anilines is 1. The van der Waals surface area contributed by atoms with Gasteiger partial charge in [-0.3, -0.25) is 9.59 Å². The van der Waals surface area contributed by atoms with Gasteiger partial charge in [-0.2, -0.15) is 0 Å². The van der Waals surface area contributed by atoms with E-state index in [4.69, 9.17) is 11.6 Å². The molecule has 0 radical (unpaired) electrons. The van der Waals surface area contributed by atoms with Crippen molar-refractivity contribution in [2.75, 3.05) is 18.5 Å². The van der Waals surface area contributed by atoms with Crippen LogP contribution >= 0.6 is 22.9 Å². The maximum atomic E-state index is 12.8. The molecule has 2 atom stereocenters. The Balaban J connectivity index is 1.72. The predicted octanol–water partition coefficient (Wildman–Crippen LogP) is 3.97. The largest absolute Gasteiger partial charge is 0.338 e. The molecule has 1 aliphatic rings. The van der Waals surface area contributed by atoms with Gasteiger partial charge < -0.3 is 9.80 Å². The number of nitrogens with zero attached hydrogens (tertiary/aromatic N) is 2. The van der Waals surface area contributed by atoms with Crippen molar-refractivity contribution >= 4 is 40.4 Å². The molecule has 126 valence electrons. The number of hydrogen-bond donors (Lipinski definition) is 0. The summed E-state index contributed by atoms with van der Waals surface area (Å²) in [4.78, 5) is 29.7. The van der Waals surface area contributed by atoms with Gasteiger partial charge in [0.05, 0.1) is 12.0 Å². The first-order valence-electron chi connectivity index (χ1n) is 7.83. The molecule has 0 unspecified atom stereocenters. The highest BCUT2D eigenvalue weighted by molar-refractivity contribution is 7.10. The van der Waals surface area contributed by atoms with E-state index in [-0.39, 0.29) is 30.2 Å². The van der Waals surface area contributed by atoms with Crippen molar-refractivity contribution in [3.05, 3.63) is 51.7 Å². The van der Waals surface area contributed by atoms with Gasteiger partial charge in [0.2, 0.25) is 11.8 Å². The second kappa shape index (κ2) is 6.95. The van der Waals surface area contributed by atoms with Crippen LogP contribution in [0.3, 0.4) is 0 Å². The number of halogens is 1. The van der Waals surface area contributed by atoms with Gasteiger partial charge >= 0.3 is 0 Å². The number of rotatable bonds is 4. The lowest BCUT2D eigenvalue weighted by Crippen LogP contribution is -2.36. The third-order valence-electron chi connectivity index (χ3n) is 4.48. The van der Waals surface area contributed by atoms with Crippen LogP contribution in [0.4, 0.5) is 5.69 Å². The molecule has 0 N–H and O–H groups in total. The van der Waals surface area contributed by atoms with Gasteiger partial charge in [0.1, 0.15) is 0 Å². The second-order valence-corrected chi connectivity index (χ2v) is 7.44. The molecule has 2 heterocycles. The van der Waals surface area contributed by atoms with E-state index in [9.17, 15) is 9.59 Å². The molecule has 0 aliphatic carbocycles. The minimum Gasteiger partial charge on any atom is -0.338 e. The summed E-state index contributed by atoms with van der Waals surface area (Å²) in [6, 6.07) is 11.2. The molecule has 6 heteroatoms. The maximum absolute atomic E-state index is 12.8. The lowest BCUT2D eigenvalue weighted by Gasteiger charge is -2.27. The zero-order valence-corrected chi connectivity index (χ0v) is 15.2. The molecule has 2 amide bonds. The molecule has 0 saturated carbocycles. The molecule has 3 rings (SSSR count). The predicted molar refractivity (Wildman–Crippen MR) is 97.4 cm³/mol. The van der Waals surface area contributed by atoms with Crippen LogP contribution < -0.4 is 4.90 Å². The van der Waals surface area contributed by atoms with Crippen LogP contribution in [-0.4, -0.2) is 30.3 Å². The van der Waals surface area contributed by atoms with Gasteiger partial charge in [-0.25, -0.2) is 0 Å². The van der Waals surface area contributed by atoms with E-state index in [1.807, 2.05) is 36.6 Å². The number of hydrogen-bond acceptors (Lipinski definition) is 3. The highest BCUT2D eigenvalue weighted by Gasteiger charge is 2.37. The van der Waals surface area contributed by atoms with Crippen molar-refractivity contribution in [2.45, 2.75) is 19.4 Å². The Kier molecular flexibility index (Phi) is 4.92. The number of benzene rings is 1. The summed E-state index contributed by atoms with van der Waals surface area (Å²) in [5.41, 5.74) is 0.747. The molecule has 2 aromatic rings. The summed E-state index contributed by atoms with van der Waals surface area (Å²) >= 11 is 7.64. The Bertz CT molecular complexity index is 747. The molecule has 4 nitrogen and oxygen atoms in total. The van der Waals surface area contributed by atoms with Crippen LogP contribution in [0.15, 0.2) is 41.8 Å². The number of carbonyl (C=O) groups excluding carboxylic acids is 2. The van der Waals surface area contributed by atoms with E-state index >= 15 is 0 Å². The van der Waals surface area contributed by atoms with Gasteiger partial charge in [0, 0.05) is 35.6 Å². The Morgan fingerprint density at radius 3 is 2.83 bits per heavy atom. The van der Waals surface area contributed by atoms with Crippen LogP contribution in [0.25, 0.3) is 0 Å². The molecule has 24 heavy (non-hydrogen) atoms. The SMILES string of the molecule is C[C@H](c1cccs1)N(C)C(=O)[C@H]1CC(=O)N(c2cccc(Cl)c2)C1. The minimum absolute atomic E-state index is 0.00724. The fraction of sp³-hybridized carbons (Fsp3) is 0.333. The molecule has 1 saturated heterocycles. The van der Waals surface area contributed by atoms with Crippen LogP contribution in [0.2, 0.25) is 5.02 Å². The van der Waals surface area contributed by atoms with Gasteiger partial charge in [-0.1, -0.05) is 23.7 Å². The molecule has 1 aromatic carbocycles. The van der Waals surface area contributed by atoms with Crippen molar-refractivity contribution in [3.63, 3.8) is 0 Å². The van der Waals surface area contributed by atoms with Gasteiger partial charge in [0.15, 0.2) is 0 Å². The minimum atomic E-state index is -0.316.